The van der Waals surface area contributed by atoms with Crippen LogP contribution in [0.5, 0.6) is 0 Å². The average molecular weight is 284 g/mol. The SMILES string of the molecule is Nc1nc(SCC(=O)c2cccc3ccccc23)n[nH]1. The van der Waals surface area contributed by atoms with E-state index in [4.69, 9.17) is 5.73 Å². The summed E-state index contributed by atoms with van der Waals surface area (Å²) in [7, 11) is 0. The highest BCUT2D eigenvalue weighted by Gasteiger charge is 2.11. The number of nitrogens with one attached hydrogen (secondary N) is 1. The molecule has 20 heavy (non-hydrogen) atoms. The van der Waals surface area contributed by atoms with Gasteiger partial charge >= 0.3 is 0 Å². The van der Waals surface area contributed by atoms with Gasteiger partial charge in [-0.15, -0.1) is 5.10 Å². The maximum atomic E-state index is 12.3. The van der Waals surface area contributed by atoms with Crippen molar-refractivity contribution in [3.63, 3.8) is 0 Å². The maximum Gasteiger partial charge on any atom is 0.216 e. The van der Waals surface area contributed by atoms with Crippen molar-refractivity contribution >= 4 is 34.3 Å². The van der Waals surface area contributed by atoms with Gasteiger partial charge in [-0.05, 0) is 10.8 Å². The zero-order chi connectivity index (χ0) is 13.9. The van der Waals surface area contributed by atoms with Crippen LogP contribution in [-0.2, 0) is 0 Å². The van der Waals surface area contributed by atoms with Gasteiger partial charge in [0, 0.05) is 5.56 Å². The normalized spacial score (nSPS) is 10.8. The Morgan fingerprint density at radius 3 is 2.80 bits per heavy atom. The average Bonchev–Trinajstić information content (AvgIpc) is 2.90. The Morgan fingerprint density at radius 1 is 1.20 bits per heavy atom. The number of nitrogens with zero attached hydrogens (tertiary/aromatic N) is 2. The molecule has 0 aliphatic carbocycles. The first kappa shape index (κ1) is 12.7. The Hall–Kier alpha value is -2.34. The van der Waals surface area contributed by atoms with Gasteiger partial charge in [0.25, 0.3) is 0 Å². The number of anilines is 1. The number of aromatic nitrogens is 3. The molecule has 0 aliphatic rings. The lowest BCUT2D eigenvalue weighted by atomic mass is 10.0. The van der Waals surface area contributed by atoms with E-state index in [1.54, 1.807) is 0 Å². The van der Waals surface area contributed by atoms with Gasteiger partial charge in [0.1, 0.15) is 0 Å². The number of carbonyl (C=O) groups excluding carboxylic acids is 1. The molecule has 3 N–H and O–H groups in total. The molecule has 2 aromatic carbocycles. The molecule has 0 saturated carbocycles. The Labute approximate surface area is 119 Å². The van der Waals surface area contributed by atoms with Crippen molar-refractivity contribution in [2.45, 2.75) is 5.16 Å². The van der Waals surface area contributed by atoms with E-state index in [1.165, 1.54) is 11.8 Å². The number of benzene rings is 2. The Morgan fingerprint density at radius 2 is 2.00 bits per heavy atom. The summed E-state index contributed by atoms with van der Waals surface area (Å²) in [5.74, 6) is 0.589. The molecule has 1 heterocycles. The molecule has 5 nitrogen and oxygen atoms in total. The molecule has 0 atom stereocenters. The first-order chi connectivity index (χ1) is 9.74. The van der Waals surface area contributed by atoms with Crippen LogP contribution in [0.15, 0.2) is 47.6 Å². The highest BCUT2D eigenvalue weighted by molar-refractivity contribution is 7.99. The molecule has 3 rings (SSSR count). The van der Waals surface area contributed by atoms with Crippen molar-refractivity contribution in [1.82, 2.24) is 15.2 Å². The molecule has 0 aliphatic heterocycles. The number of rotatable bonds is 4. The summed E-state index contributed by atoms with van der Waals surface area (Å²) in [4.78, 5) is 16.3. The molecule has 100 valence electrons. The minimum atomic E-state index is 0.0511. The fourth-order valence-electron chi connectivity index (χ4n) is 2.00. The van der Waals surface area contributed by atoms with Gasteiger partial charge in [-0.3, -0.25) is 4.79 Å². The number of thioether (sulfide) groups is 1. The highest BCUT2D eigenvalue weighted by atomic mass is 32.2. The Bertz CT molecular complexity index is 763. The topological polar surface area (TPSA) is 84.7 Å². The van der Waals surface area contributed by atoms with Gasteiger partial charge in [0.05, 0.1) is 5.75 Å². The molecule has 0 unspecified atom stereocenters. The van der Waals surface area contributed by atoms with Gasteiger partial charge in [0.2, 0.25) is 11.1 Å². The third-order valence-corrected chi connectivity index (χ3v) is 3.75. The van der Waals surface area contributed by atoms with E-state index in [-0.39, 0.29) is 17.5 Å². The van der Waals surface area contributed by atoms with E-state index < -0.39 is 0 Å². The first-order valence-corrected chi connectivity index (χ1v) is 7.04. The lowest BCUT2D eigenvalue weighted by Gasteiger charge is -2.04. The summed E-state index contributed by atoms with van der Waals surface area (Å²) >= 11 is 1.27. The van der Waals surface area contributed by atoms with Crippen LogP contribution in [0.3, 0.4) is 0 Å². The minimum Gasteiger partial charge on any atom is -0.368 e. The van der Waals surface area contributed by atoms with Crippen LogP contribution >= 0.6 is 11.8 Å². The molecule has 0 amide bonds. The van der Waals surface area contributed by atoms with Gasteiger partial charge in [0.15, 0.2) is 5.78 Å². The number of Topliss-reactive ketones (excluding diaryl/α,β-unsaturated/α-hetero) is 1. The largest absolute Gasteiger partial charge is 0.368 e. The van der Waals surface area contributed by atoms with Crippen molar-refractivity contribution in [3.8, 4) is 0 Å². The molecule has 0 bridgehead atoms. The second-order valence-electron chi connectivity index (χ2n) is 4.24. The fraction of sp³-hybridized carbons (Fsp3) is 0.0714. The smallest absolute Gasteiger partial charge is 0.216 e. The zero-order valence-corrected chi connectivity index (χ0v) is 11.4. The predicted molar refractivity (Wildman–Crippen MR) is 79.8 cm³/mol. The van der Waals surface area contributed by atoms with Gasteiger partial charge in [-0.2, -0.15) is 4.98 Å². The second-order valence-corrected chi connectivity index (χ2v) is 5.18. The highest BCUT2D eigenvalue weighted by Crippen LogP contribution is 2.21. The van der Waals surface area contributed by atoms with E-state index >= 15 is 0 Å². The third-order valence-electron chi connectivity index (χ3n) is 2.90. The number of nitrogen functional groups attached to an aromatic ring is 1. The molecular weight excluding hydrogens is 272 g/mol. The molecule has 6 heteroatoms. The number of hydrogen-bond donors (Lipinski definition) is 2. The number of ketones is 1. The molecule has 0 fully saturated rings. The number of fused-ring (bicyclic) bond motifs is 1. The quantitative estimate of drug-likeness (QED) is 0.568. The van der Waals surface area contributed by atoms with E-state index in [0.717, 1.165) is 16.3 Å². The van der Waals surface area contributed by atoms with Gasteiger partial charge in [-0.25, -0.2) is 5.10 Å². The number of H-pyrrole nitrogens is 1. The van der Waals surface area contributed by atoms with Crippen molar-refractivity contribution < 1.29 is 4.79 Å². The standard InChI is InChI=1S/C14H12N4OS/c15-13-16-14(18-17-13)20-8-12(19)11-7-3-5-9-4-1-2-6-10(9)11/h1-7H,8H2,(H3,15,16,17,18). The fourth-order valence-corrected chi connectivity index (χ4v) is 2.69. The van der Waals surface area contributed by atoms with Crippen LogP contribution in [0.1, 0.15) is 10.4 Å². The number of carbonyl (C=O) groups is 1. The van der Waals surface area contributed by atoms with Crippen LogP contribution in [0.4, 0.5) is 5.95 Å². The molecule has 1 aromatic heterocycles. The Balaban J connectivity index is 1.82. The monoisotopic (exact) mass is 284 g/mol. The number of nitrogens with two attached hydrogens (primary N) is 1. The van der Waals surface area contributed by atoms with E-state index in [2.05, 4.69) is 15.2 Å². The zero-order valence-electron chi connectivity index (χ0n) is 10.5. The molecule has 3 aromatic rings. The van der Waals surface area contributed by atoms with Crippen LogP contribution in [0.25, 0.3) is 10.8 Å². The number of hydrogen-bond acceptors (Lipinski definition) is 5. The van der Waals surface area contributed by atoms with E-state index in [0.29, 0.717) is 5.16 Å². The van der Waals surface area contributed by atoms with E-state index in [9.17, 15) is 4.79 Å². The molecule has 0 radical (unpaired) electrons. The minimum absolute atomic E-state index is 0.0511. The summed E-state index contributed by atoms with van der Waals surface area (Å²) in [5, 5.41) is 8.95. The third kappa shape index (κ3) is 2.50. The second kappa shape index (κ2) is 5.34. The van der Waals surface area contributed by atoms with Crippen molar-refractivity contribution in [3.05, 3.63) is 48.0 Å². The van der Waals surface area contributed by atoms with Crippen LogP contribution in [0, 0.1) is 0 Å². The van der Waals surface area contributed by atoms with Crippen LogP contribution in [0.2, 0.25) is 0 Å². The maximum absolute atomic E-state index is 12.3. The summed E-state index contributed by atoms with van der Waals surface area (Å²) in [6, 6.07) is 13.6. The molecular formula is C14H12N4OS. The predicted octanol–water partition coefficient (Wildman–Crippen LogP) is 2.52. The van der Waals surface area contributed by atoms with Gasteiger partial charge < -0.3 is 5.73 Å². The molecule has 0 saturated heterocycles. The lowest BCUT2D eigenvalue weighted by molar-refractivity contribution is 0.102. The summed E-state index contributed by atoms with van der Waals surface area (Å²) in [6.45, 7) is 0. The summed E-state index contributed by atoms with van der Waals surface area (Å²) < 4.78 is 0. The first-order valence-electron chi connectivity index (χ1n) is 6.05. The van der Waals surface area contributed by atoms with Crippen LogP contribution in [-0.4, -0.2) is 26.7 Å². The summed E-state index contributed by atoms with van der Waals surface area (Å²) in [6.07, 6.45) is 0. The van der Waals surface area contributed by atoms with Crippen molar-refractivity contribution in [1.29, 1.82) is 0 Å². The molecule has 0 spiro atoms. The van der Waals surface area contributed by atoms with Gasteiger partial charge in [-0.1, -0.05) is 54.2 Å². The number of aromatic amines is 1. The van der Waals surface area contributed by atoms with Crippen molar-refractivity contribution in [2.75, 3.05) is 11.5 Å². The summed E-state index contributed by atoms with van der Waals surface area (Å²) in [5.41, 5.74) is 6.16. The van der Waals surface area contributed by atoms with Crippen molar-refractivity contribution in [2.24, 2.45) is 0 Å². The lowest BCUT2D eigenvalue weighted by Crippen LogP contribution is -2.03. The van der Waals surface area contributed by atoms with E-state index in [1.807, 2.05) is 42.5 Å². The van der Waals surface area contributed by atoms with Crippen LogP contribution < -0.4 is 5.73 Å². The Kier molecular flexibility index (Phi) is 3.39.